The van der Waals surface area contributed by atoms with Crippen molar-refractivity contribution in [2.75, 3.05) is 79.5 Å². The van der Waals surface area contributed by atoms with Crippen molar-refractivity contribution in [2.24, 2.45) is 0 Å². The number of fused-ring (bicyclic) bond motifs is 1. The number of sulfonamides is 1. The number of nitrogens with zero attached hydrogens (tertiary/aromatic N) is 9. The number of pyridine rings is 1. The van der Waals surface area contributed by atoms with E-state index in [4.69, 9.17) is 26.3 Å². The molecule has 266 valence electrons. The first-order valence-corrected chi connectivity index (χ1v) is 19.4. The highest BCUT2D eigenvalue weighted by atomic mass is 35.5. The first-order chi connectivity index (χ1) is 24.1. The summed E-state index contributed by atoms with van der Waals surface area (Å²) in [5.74, 6) is 1.95. The molecule has 0 amide bonds. The van der Waals surface area contributed by atoms with Gasteiger partial charge in [-0.25, -0.2) is 13.4 Å². The minimum Gasteiger partial charge on any atom is -0.479 e. The molecule has 4 aromatic rings. The van der Waals surface area contributed by atoms with Crippen molar-refractivity contribution in [1.29, 1.82) is 0 Å². The quantitative estimate of drug-likeness (QED) is 0.222. The Bertz CT molecular complexity index is 1960. The van der Waals surface area contributed by atoms with Crippen molar-refractivity contribution < 1.29 is 13.2 Å². The van der Waals surface area contributed by atoms with Crippen LogP contribution >= 0.6 is 11.6 Å². The minimum atomic E-state index is -3.64. The summed E-state index contributed by atoms with van der Waals surface area (Å²) in [4.78, 5) is 30.5. The maximum atomic E-state index is 13.1. The fourth-order valence-corrected chi connectivity index (χ4v) is 8.38. The number of piperidine rings is 1. The van der Waals surface area contributed by atoms with Crippen molar-refractivity contribution in [2.45, 2.75) is 51.1 Å². The summed E-state index contributed by atoms with van der Waals surface area (Å²) in [5.41, 5.74) is 3.66. The van der Waals surface area contributed by atoms with E-state index < -0.39 is 10.0 Å². The number of methoxy groups -OCH3 is 1. The lowest BCUT2D eigenvalue weighted by atomic mass is 10.0. The number of halogens is 1. The molecular formula is C34H44ClN11O3S. The van der Waals surface area contributed by atoms with Gasteiger partial charge in [0.05, 0.1) is 30.8 Å². The summed E-state index contributed by atoms with van der Waals surface area (Å²) in [5, 5.41) is 6.82. The predicted octanol–water partition coefficient (Wildman–Crippen LogP) is 4.67. The molecule has 1 saturated carbocycles. The molecule has 3 fully saturated rings. The van der Waals surface area contributed by atoms with E-state index >= 15 is 0 Å². The van der Waals surface area contributed by atoms with Gasteiger partial charge >= 0.3 is 0 Å². The Hall–Kier alpha value is -4.05. The summed E-state index contributed by atoms with van der Waals surface area (Å²) in [6.07, 6.45) is 10.4. The number of likely N-dealkylation sites (N-methyl/N-ethyl adjacent to an activating group) is 1. The molecule has 3 aliphatic rings. The van der Waals surface area contributed by atoms with Gasteiger partial charge in [-0.2, -0.15) is 9.97 Å². The molecule has 1 aromatic carbocycles. The van der Waals surface area contributed by atoms with E-state index in [1.807, 2.05) is 0 Å². The number of rotatable bonds is 11. The third-order valence-electron chi connectivity index (χ3n) is 9.75. The smallest absolute Gasteiger partial charge is 0.239 e. The number of anilines is 6. The fourth-order valence-electron chi connectivity index (χ4n) is 6.97. The highest BCUT2D eigenvalue weighted by Crippen LogP contribution is 2.43. The fraction of sp³-hybridized carbons (Fsp3) is 0.500. The van der Waals surface area contributed by atoms with Gasteiger partial charge in [0.15, 0.2) is 5.82 Å². The SMILES string of the molecule is CCc1cc(Nc2ncc(Cl)c(Nc3ccc4nccnc4c3N(C3CC3)S(C)(=O)=O)n2)c(OC)nc1N1CCC(N2CCN(C)CC2)CC1. The minimum absolute atomic E-state index is 0.157. The van der Waals surface area contributed by atoms with Crippen molar-refractivity contribution in [3.8, 4) is 5.88 Å². The number of benzene rings is 1. The maximum Gasteiger partial charge on any atom is 0.239 e. The first kappa shape index (κ1) is 34.4. The van der Waals surface area contributed by atoms with Crippen LogP contribution in [0.3, 0.4) is 0 Å². The van der Waals surface area contributed by atoms with Gasteiger partial charge in [0.1, 0.15) is 27.7 Å². The largest absolute Gasteiger partial charge is 0.479 e. The monoisotopic (exact) mass is 721 g/mol. The summed E-state index contributed by atoms with van der Waals surface area (Å²) in [7, 11) is 0.167. The number of aryl methyl sites for hydroxylation is 1. The van der Waals surface area contributed by atoms with E-state index in [1.165, 1.54) is 16.8 Å². The van der Waals surface area contributed by atoms with Crippen molar-refractivity contribution in [1.82, 2.24) is 34.7 Å². The second-order valence-electron chi connectivity index (χ2n) is 13.3. The van der Waals surface area contributed by atoms with E-state index in [0.29, 0.717) is 45.8 Å². The predicted molar refractivity (Wildman–Crippen MR) is 198 cm³/mol. The van der Waals surface area contributed by atoms with Crippen LogP contribution in [0, 0.1) is 0 Å². The Balaban J connectivity index is 1.14. The number of piperazine rings is 1. The molecule has 5 heterocycles. The van der Waals surface area contributed by atoms with E-state index in [-0.39, 0.29) is 17.0 Å². The first-order valence-electron chi connectivity index (χ1n) is 17.2. The molecule has 0 unspecified atom stereocenters. The van der Waals surface area contributed by atoms with Gasteiger partial charge in [-0.1, -0.05) is 18.5 Å². The van der Waals surface area contributed by atoms with Crippen LogP contribution in [-0.4, -0.2) is 115 Å². The van der Waals surface area contributed by atoms with Crippen molar-refractivity contribution in [3.63, 3.8) is 0 Å². The molecular weight excluding hydrogens is 678 g/mol. The molecule has 2 saturated heterocycles. The summed E-state index contributed by atoms with van der Waals surface area (Å²) >= 11 is 6.62. The zero-order valence-corrected chi connectivity index (χ0v) is 30.5. The molecule has 0 spiro atoms. The molecule has 0 radical (unpaired) electrons. The maximum absolute atomic E-state index is 13.1. The van der Waals surface area contributed by atoms with Crippen molar-refractivity contribution in [3.05, 3.63) is 47.4 Å². The molecule has 0 atom stereocenters. The molecule has 16 heteroatoms. The third-order valence-corrected chi connectivity index (χ3v) is 11.2. The third kappa shape index (κ3) is 7.22. The zero-order valence-electron chi connectivity index (χ0n) is 28.9. The van der Waals surface area contributed by atoms with Gasteiger partial charge in [-0.3, -0.25) is 19.2 Å². The van der Waals surface area contributed by atoms with Gasteiger partial charge in [0.25, 0.3) is 0 Å². The van der Waals surface area contributed by atoms with Crippen LogP contribution in [0.1, 0.15) is 38.2 Å². The lowest BCUT2D eigenvalue weighted by Crippen LogP contribution is -2.52. The zero-order chi connectivity index (χ0) is 35.0. The van der Waals surface area contributed by atoms with Gasteiger partial charge in [0, 0.05) is 63.7 Å². The van der Waals surface area contributed by atoms with E-state index in [1.54, 1.807) is 31.6 Å². The molecule has 2 N–H and O–H groups in total. The Kier molecular flexibility index (Phi) is 9.83. The van der Waals surface area contributed by atoms with Crippen LogP contribution in [0.5, 0.6) is 5.88 Å². The van der Waals surface area contributed by atoms with Crippen LogP contribution in [-0.2, 0) is 16.4 Å². The van der Waals surface area contributed by atoms with Gasteiger partial charge in [0.2, 0.25) is 21.9 Å². The highest BCUT2D eigenvalue weighted by molar-refractivity contribution is 7.92. The summed E-state index contributed by atoms with van der Waals surface area (Å²) in [6.45, 7) is 8.55. The Morgan fingerprint density at radius 3 is 2.38 bits per heavy atom. The molecule has 7 rings (SSSR count). The highest BCUT2D eigenvalue weighted by Gasteiger charge is 2.38. The molecule has 0 bridgehead atoms. The van der Waals surface area contributed by atoms with Gasteiger partial charge in [-0.05, 0) is 62.9 Å². The van der Waals surface area contributed by atoms with E-state index in [2.05, 4.69) is 60.3 Å². The van der Waals surface area contributed by atoms with Gasteiger partial charge in [-0.15, -0.1) is 0 Å². The molecule has 3 aromatic heterocycles. The molecule has 2 aliphatic heterocycles. The van der Waals surface area contributed by atoms with Crippen molar-refractivity contribution >= 4 is 67.3 Å². The van der Waals surface area contributed by atoms with Crippen LogP contribution in [0.15, 0.2) is 36.8 Å². The van der Waals surface area contributed by atoms with Crippen LogP contribution in [0.4, 0.5) is 34.6 Å². The number of ether oxygens (including phenoxy) is 1. The molecule has 1 aliphatic carbocycles. The molecule has 50 heavy (non-hydrogen) atoms. The van der Waals surface area contributed by atoms with E-state index in [0.717, 1.165) is 82.8 Å². The van der Waals surface area contributed by atoms with Crippen LogP contribution < -0.4 is 24.6 Å². The second kappa shape index (κ2) is 14.3. The van der Waals surface area contributed by atoms with Crippen LogP contribution in [0.2, 0.25) is 5.02 Å². The lowest BCUT2D eigenvalue weighted by Gasteiger charge is -2.42. The number of hydrogen-bond donors (Lipinski definition) is 2. The summed E-state index contributed by atoms with van der Waals surface area (Å²) in [6, 6.07) is 6.06. The van der Waals surface area contributed by atoms with E-state index in [9.17, 15) is 8.42 Å². The Morgan fingerprint density at radius 2 is 1.70 bits per heavy atom. The van der Waals surface area contributed by atoms with Crippen LogP contribution in [0.25, 0.3) is 11.0 Å². The average molecular weight is 722 g/mol. The number of aromatic nitrogens is 5. The molecule has 14 nitrogen and oxygen atoms in total. The Morgan fingerprint density at radius 1 is 0.960 bits per heavy atom. The van der Waals surface area contributed by atoms with Gasteiger partial charge < -0.3 is 25.2 Å². The topological polar surface area (TPSA) is 145 Å². The standard InChI is InChI=1S/C34H44ClN11O3S/c1-5-22-20-28(33(49-3)42-32(22)45-14-10-23(11-15-45)44-18-16-43(2)17-19-44)40-34-38-21-25(35)31(41-34)39-27-9-8-26-29(37-13-12-36-26)30(27)46(24-6-7-24)50(4,47)48/h8-9,12-13,20-21,23-24H,5-7,10-11,14-19H2,1-4H3,(H2,38,39,40,41). The summed E-state index contributed by atoms with van der Waals surface area (Å²) < 4.78 is 33.4. The number of hydrogen-bond acceptors (Lipinski definition) is 13. The average Bonchev–Trinajstić information content (AvgIpc) is 3.95. The number of nitrogens with one attached hydrogen (secondary N) is 2. The second-order valence-corrected chi connectivity index (χ2v) is 15.5. The lowest BCUT2D eigenvalue weighted by molar-refractivity contribution is 0.0981. The Labute approximate surface area is 298 Å². The normalized spacial score (nSPS) is 18.0.